The molecule has 0 bridgehead atoms. The van der Waals surface area contributed by atoms with E-state index in [1.54, 1.807) is 0 Å². The lowest BCUT2D eigenvalue weighted by Crippen LogP contribution is -2.82. The van der Waals surface area contributed by atoms with Crippen molar-refractivity contribution in [3.05, 3.63) is 29.3 Å². The number of carbonyl (C=O) groups excluding carboxylic acids is 1. The molecule has 3 atom stereocenters. The van der Waals surface area contributed by atoms with Crippen LogP contribution < -0.4 is 10.1 Å². The lowest BCUT2D eigenvalue weighted by molar-refractivity contribution is -0.640. The van der Waals surface area contributed by atoms with Crippen LogP contribution in [0, 0.1) is 11.8 Å². The molecule has 3 aliphatic rings. The minimum absolute atomic E-state index is 0.0637. The summed E-state index contributed by atoms with van der Waals surface area (Å²) >= 11 is 0. The first-order valence-corrected chi connectivity index (χ1v) is 12.0. The van der Waals surface area contributed by atoms with Gasteiger partial charge in [0.2, 0.25) is 5.91 Å². The molecular weight excluding hydrogens is 360 g/mol. The second-order valence-corrected chi connectivity index (χ2v) is 9.35. The average Bonchev–Trinajstić information content (AvgIpc) is 3.18. The van der Waals surface area contributed by atoms with Crippen LogP contribution in [0.2, 0.25) is 0 Å². The molecule has 1 aromatic carbocycles. The van der Waals surface area contributed by atoms with Crippen molar-refractivity contribution < 1.29 is 14.8 Å². The van der Waals surface area contributed by atoms with Crippen molar-refractivity contribution >= 4 is 5.91 Å². The molecule has 3 heterocycles. The summed E-state index contributed by atoms with van der Waals surface area (Å²) in [5.74, 6) is 2.20. The maximum Gasteiger partial charge on any atom is 0.232 e. The van der Waals surface area contributed by atoms with Crippen LogP contribution in [0.3, 0.4) is 0 Å². The number of quaternary nitrogens is 1. The van der Waals surface area contributed by atoms with E-state index in [9.17, 15) is 4.79 Å². The highest BCUT2D eigenvalue weighted by atomic mass is 16.5. The minimum Gasteiger partial charge on any atom is -0.493 e. The highest BCUT2D eigenvalue weighted by Gasteiger charge is 2.55. The number of benzene rings is 1. The Morgan fingerprint density at radius 1 is 1.28 bits per heavy atom. The summed E-state index contributed by atoms with van der Waals surface area (Å²) < 4.78 is 6.16. The molecule has 4 heteroatoms. The Labute approximate surface area is 176 Å². The smallest absolute Gasteiger partial charge is 0.232 e. The van der Waals surface area contributed by atoms with E-state index in [1.165, 1.54) is 36.8 Å². The van der Waals surface area contributed by atoms with E-state index in [0.29, 0.717) is 17.9 Å². The molecular formula is C25H39N2O2+. The van der Waals surface area contributed by atoms with Crippen LogP contribution in [0.4, 0.5) is 0 Å². The zero-order valence-corrected chi connectivity index (χ0v) is 18.6. The van der Waals surface area contributed by atoms with Crippen LogP contribution in [0.5, 0.6) is 5.75 Å². The summed E-state index contributed by atoms with van der Waals surface area (Å²) in [6.45, 7) is 10.4. The summed E-state index contributed by atoms with van der Waals surface area (Å²) in [6, 6.07) is 7.02. The van der Waals surface area contributed by atoms with E-state index < -0.39 is 0 Å². The molecule has 1 unspecified atom stereocenters. The standard InChI is InChI=1S/C25H38N2O2/c1-4-18(5-2)22-12-7-8-14-27(22)24(28)21-16-26-17-25(21)13-15-29-23-19(6-3)10-9-11-20(23)25/h9-11,18,21-22,26H,4-8,12-17H2,1-3H3/p+1/t21-,22?,25-/m0/s1. The Morgan fingerprint density at radius 3 is 2.86 bits per heavy atom. The number of hydrogen-bond donors (Lipinski definition) is 1. The van der Waals surface area contributed by atoms with Crippen LogP contribution in [-0.2, 0) is 16.6 Å². The van der Waals surface area contributed by atoms with E-state index in [1.807, 2.05) is 0 Å². The van der Waals surface area contributed by atoms with Gasteiger partial charge in [0.15, 0.2) is 0 Å². The van der Waals surface area contributed by atoms with Gasteiger partial charge in [-0.1, -0.05) is 51.8 Å². The number of carbonyl (C=O) groups is 1. The second kappa shape index (κ2) is 8.67. The summed E-state index contributed by atoms with van der Waals surface area (Å²) in [7, 11) is 0. The number of nitrogens with two attached hydrogens (primary N) is 1. The zero-order valence-electron chi connectivity index (χ0n) is 18.6. The zero-order chi connectivity index (χ0) is 20.4. The number of amides is 1. The fourth-order valence-corrected chi connectivity index (χ4v) is 6.44. The van der Waals surface area contributed by atoms with Crippen molar-refractivity contribution in [2.24, 2.45) is 11.8 Å². The molecule has 0 aliphatic carbocycles. The molecule has 4 nitrogen and oxygen atoms in total. The Balaban J connectivity index is 1.68. The third kappa shape index (κ3) is 3.48. The van der Waals surface area contributed by atoms with E-state index in [2.05, 4.69) is 49.2 Å². The molecule has 0 saturated carbocycles. The number of nitrogens with zero attached hydrogens (tertiary/aromatic N) is 1. The highest BCUT2D eigenvalue weighted by molar-refractivity contribution is 5.82. The number of piperidine rings is 1. The van der Waals surface area contributed by atoms with Crippen molar-refractivity contribution in [1.29, 1.82) is 0 Å². The Bertz CT molecular complexity index is 730. The van der Waals surface area contributed by atoms with Gasteiger partial charge in [-0.15, -0.1) is 0 Å². The number of ether oxygens (including phenoxy) is 1. The van der Waals surface area contributed by atoms with Crippen LogP contribution in [0.1, 0.15) is 70.4 Å². The molecule has 1 spiro atoms. The predicted octanol–water partition coefficient (Wildman–Crippen LogP) is 3.28. The van der Waals surface area contributed by atoms with Gasteiger partial charge in [-0.3, -0.25) is 4.79 Å². The summed E-state index contributed by atoms with van der Waals surface area (Å²) in [6.07, 6.45) is 7.89. The molecule has 3 aliphatic heterocycles. The van der Waals surface area contributed by atoms with E-state index in [-0.39, 0.29) is 11.3 Å². The molecule has 0 radical (unpaired) electrons. The quantitative estimate of drug-likeness (QED) is 0.826. The van der Waals surface area contributed by atoms with Gasteiger partial charge in [0, 0.05) is 18.2 Å². The summed E-state index contributed by atoms with van der Waals surface area (Å²) in [5, 5.41) is 2.38. The van der Waals surface area contributed by atoms with Gasteiger partial charge in [0.05, 0.1) is 25.1 Å². The molecule has 160 valence electrons. The first kappa shape index (κ1) is 20.7. The number of hydrogen-bond acceptors (Lipinski definition) is 2. The van der Waals surface area contributed by atoms with E-state index >= 15 is 0 Å². The fourth-order valence-electron chi connectivity index (χ4n) is 6.44. The van der Waals surface area contributed by atoms with Crippen molar-refractivity contribution in [3.8, 4) is 5.75 Å². The van der Waals surface area contributed by atoms with Gasteiger partial charge in [-0.05, 0) is 43.6 Å². The SMILES string of the molecule is CCc1cccc2c1OCC[C@]21C[NH2+]C[C@H]1C(=O)N1CCCCC1C(CC)CC. The lowest BCUT2D eigenvalue weighted by Gasteiger charge is -2.44. The van der Waals surface area contributed by atoms with Gasteiger partial charge in [-0.25, -0.2) is 0 Å². The molecule has 29 heavy (non-hydrogen) atoms. The normalized spacial score (nSPS) is 29.2. The molecule has 2 fully saturated rings. The number of para-hydroxylation sites is 1. The maximum atomic E-state index is 14.0. The molecule has 1 aromatic rings. The molecule has 2 N–H and O–H groups in total. The minimum atomic E-state index is -0.0637. The number of fused-ring (bicyclic) bond motifs is 2. The number of likely N-dealkylation sites (tertiary alicyclic amines) is 1. The Kier molecular flexibility index (Phi) is 6.19. The molecule has 2 saturated heterocycles. The van der Waals surface area contributed by atoms with E-state index in [0.717, 1.165) is 51.3 Å². The highest BCUT2D eigenvalue weighted by Crippen LogP contribution is 2.47. The first-order chi connectivity index (χ1) is 14.2. The van der Waals surface area contributed by atoms with Gasteiger partial charge in [0.1, 0.15) is 11.7 Å². The van der Waals surface area contributed by atoms with Crippen LogP contribution in [-0.4, -0.2) is 43.1 Å². The van der Waals surface area contributed by atoms with Gasteiger partial charge < -0.3 is 15.0 Å². The van der Waals surface area contributed by atoms with Crippen molar-refractivity contribution in [3.63, 3.8) is 0 Å². The topological polar surface area (TPSA) is 46.1 Å². The average molecular weight is 400 g/mol. The lowest BCUT2D eigenvalue weighted by atomic mass is 9.67. The molecule has 1 amide bonds. The monoisotopic (exact) mass is 399 g/mol. The van der Waals surface area contributed by atoms with Crippen LogP contribution in [0.15, 0.2) is 18.2 Å². The third-order valence-electron chi connectivity index (χ3n) is 8.11. The van der Waals surface area contributed by atoms with Crippen molar-refractivity contribution in [2.75, 3.05) is 26.2 Å². The Hall–Kier alpha value is -1.55. The van der Waals surface area contributed by atoms with Crippen LogP contribution in [0.25, 0.3) is 0 Å². The molecule has 0 aromatic heterocycles. The maximum absolute atomic E-state index is 14.0. The van der Waals surface area contributed by atoms with Gasteiger partial charge >= 0.3 is 0 Å². The summed E-state index contributed by atoms with van der Waals surface area (Å²) in [4.78, 5) is 16.4. The fraction of sp³-hybridized carbons (Fsp3) is 0.720. The predicted molar refractivity (Wildman–Crippen MR) is 116 cm³/mol. The van der Waals surface area contributed by atoms with Gasteiger partial charge in [-0.2, -0.15) is 0 Å². The van der Waals surface area contributed by atoms with Crippen molar-refractivity contribution in [2.45, 2.75) is 77.2 Å². The van der Waals surface area contributed by atoms with Gasteiger partial charge in [0.25, 0.3) is 0 Å². The third-order valence-corrected chi connectivity index (χ3v) is 8.11. The number of rotatable bonds is 5. The molecule has 4 rings (SSSR count). The van der Waals surface area contributed by atoms with E-state index in [4.69, 9.17) is 4.74 Å². The number of aryl methyl sites for hydroxylation is 1. The largest absolute Gasteiger partial charge is 0.493 e. The van der Waals surface area contributed by atoms with Crippen molar-refractivity contribution in [1.82, 2.24) is 4.90 Å². The first-order valence-electron chi connectivity index (χ1n) is 12.0. The summed E-state index contributed by atoms with van der Waals surface area (Å²) in [5.41, 5.74) is 2.52. The second-order valence-electron chi connectivity index (χ2n) is 9.35. The van der Waals surface area contributed by atoms with Crippen LogP contribution >= 0.6 is 0 Å². The Morgan fingerprint density at radius 2 is 2.10 bits per heavy atom.